The maximum atomic E-state index is 10.6. The largest absolute Gasteiger partial charge is 0.481 e. The maximum Gasteiger partial charge on any atom is 0.309 e. The third-order valence-corrected chi connectivity index (χ3v) is 2.83. The zero-order valence-electron chi connectivity index (χ0n) is 5.26. The fraction of sp³-hybridized carbons (Fsp3) is 0.857. The molecule has 2 saturated carbocycles. The van der Waals surface area contributed by atoms with Crippen molar-refractivity contribution < 1.29 is 9.90 Å². The summed E-state index contributed by atoms with van der Waals surface area (Å²) in [7, 11) is 0. The molecule has 50 valence electrons. The Morgan fingerprint density at radius 1 is 1.67 bits per heavy atom. The van der Waals surface area contributed by atoms with E-state index in [0.717, 1.165) is 25.7 Å². The topological polar surface area (TPSA) is 37.3 Å². The standard InChI is InChI=1S/C7H10O2/c8-6(9)7-3-1-2-5(7)4-7/h5H,1-4H2,(H,8,9)/t5-,7+/m1/s1. The summed E-state index contributed by atoms with van der Waals surface area (Å²) in [5.74, 6) is -0.000000000000000222. The van der Waals surface area contributed by atoms with Crippen LogP contribution < -0.4 is 0 Å². The summed E-state index contributed by atoms with van der Waals surface area (Å²) in [5, 5.41) is 8.71. The van der Waals surface area contributed by atoms with Crippen molar-refractivity contribution in [2.75, 3.05) is 0 Å². The van der Waals surface area contributed by atoms with Crippen LogP contribution in [0.3, 0.4) is 0 Å². The maximum absolute atomic E-state index is 10.6. The molecule has 1 N–H and O–H groups in total. The van der Waals surface area contributed by atoms with Gasteiger partial charge in [-0.1, -0.05) is 6.42 Å². The van der Waals surface area contributed by atoms with Gasteiger partial charge in [-0.2, -0.15) is 0 Å². The molecule has 2 aliphatic carbocycles. The minimum Gasteiger partial charge on any atom is -0.481 e. The van der Waals surface area contributed by atoms with E-state index in [1.54, 1.807) is 0 Å². The number of rotatable bonds is 1. The van der Waals surface area contributed by atoms with Crippen LogP contribution in [-0.4, -0.2) is 11.1 Å². The molecule has 0 heterocycles. The van der Waals surface area contributed by atoms with Crippen molar-refractivity contribution in [1.29, 1.82) is 0 Å². The van der Waals surface area contributed by atoms with Gasteiger partial charge in [0.2, 0.25) is 0 Å². The van der Waals surface area contributed by atoms with E-state index >= 15 is 0 Å². The summed E-state index contributed by atoms with van der Waals surface area (Å²) in [6.45, 7) is 0. The highest BCUT2D eigenvalue weighted by Gasteiger charge is 2.62. The monoisotopic (exact) mass is 126 g/mol. The lowest BCUT2D eigenvalue weighted by atomic mass is 10.1. The Bertz CT molecular complexity index is 164. The van der Waals surface area contributed by atoms with Crippen LogP contribution >= 0.6 is 0 Å². The average Bonchev–Trinajstić information content (AvgIpc) is 2.38. The van der Waals surface area contributed by atoms with Gasteiger partial charge < -0.3 is 5.11 Å². The molecule has 0 aromatic carbocycles. The van der Waals surface area contributed by atoms with Crippen molar-refractivity contribution in [3.8, 4) is 0 Å². The second-order valence-corrected chi connectivity index (χ2v) is 3.25. The van der Waals surface area contributed by atoms with Crippen LogP contribution in [0.4, 0.5) is 0 Å². The van der Waals surface area contributed by atoms with Gasteiger partial charge in [0.15, 0.2) is 0 Å². The van der Waals surface area contributed by atoms with Crippen molar-refractivity contribution in [3.05, 3.63) is 0 Å². The molecule has 0 aromatic rings. The van der Waals surface area contributed by atoms with Crippen LogP contribution in [0.2, 0.25) is 0 Å². The molecular weight excluding hydrogens is 116 g/mol. The van der Waals surface area contributed by atoms with Gasteiger partial charge in [0, 0.05) is 0 Å². The molecule has 0 radical (unpaired) electrons. The summed E-state index contributed by atoms with van der Waals surface area (Å²) < 4.78 is 0. The van der Waals surface area contributed by atoms with Crippen LogP contribution in [0.5, 0.6) is 0 Å². The molecule has 2 heteroatoms. The molecule has 9 heavy (non-hydrogen) atoms. The van der Waals surface area contributed by atoms with Crippen molar-refractivity contribution in [3.63, 3.8) is 0 Å². The first-order chi connectivity index (χ1) is 4.26. The van der Waals surface area contributed by atoms with Crippen molar-refractivity contribution >= 4 is 5.97 Å². The molecule has 2 aliphatic rings. The molecule has 2 rings (SSSR count). The van der Waals surface area contributed by atoms with E-state index < -0.39 is 5.97 Å². The van der Waals surface area contributed by atoms with Gasteiger partial charge in [0.1, 0.15) is 0 Å². The Kier molecular flexibility index (Phi) is 0.765. The zero-order chi connectivity index (χ0) is 6.48. The van der Waals surface area contributed by atoms with Gasteiger partial charge in [-0.25, -0.2) is 0 Å². The highest BCUT2D eigenvalue weighted by molar-refractivity contribution is 5.79. The van der Waals surface area contributed by atoms with Crippen LogP contribution in [0.1, 0.15) is 25.7 Å². The highest BCUT2D eigenvalue weighted by atomic mass is 16.4. The van der Waals surface area contributed by atoms with E-state index in [0.29, 0.717) is 5.92 Å². The number of carboxylic acids is 1. The molecule has 2 fully saturated rings. The minimum absolute atomic E-state index is 0.222. The fourth-order valence-electron chi connectivity index (χ4n) is 2.10. The predicted octanol–water partition coefficient (Wildman–Crippen LogP) is 1.26. The van der Waals surface area contributed by atoms with E-state index in [4.69, 9.17) is 5.11 Å². The number of fused-ring (bicyclic) bond motifs is 1. The molecule has 0 saturated heterocycles. The molecule has 0 unspecified atom stereocenters. The quantitative estimate of drug-likeness (QED) is 0.574. The van der Waals surface area contributed by atoms with Crippen LogP contribution in [0, 0.1) is 11.3 Å². The van der Waals surface area contributed by atoms with Gasteiger partial charge in [-0.05, 0) is 25.2 Å². The van der Waals surface area contributed by atoms with Gasteiger partial charge in [-0.3, -0.25) is 4.79 Å². The normalized spacial score (nSPS) is 46.4. The number of aliphatic carboxylic acids is 1. The zero-order valence-corrected chi connectivity index (χ0v) is 5.26. The van der Waals surface area contributed by atoms with Gasteiger partial charge in [0.05, 0.1) is 5.41 Å². The summed E-state index contributed by atoms with van der Waals surface area (Å²) in [5.41, 5.74) is -0.222. The Morgan fingerprint density at radius 3 is 2.67 bits per heavy atom. The molecule has 0 bridgehead atoms. The average molecular weight is 126 g/mol. The lowest BCUT2D eigenvalue weighted by Gasteiger charge is -2.01. The van der Waals surface area contributed by atoms with E-state index in [2.05, 4.69) is 0 Å². The Morgan fingerprint density at radius 2 is 2.44 bits per heavy atom. The van der Waals surface area contributed by atoms with Crippen LogP contribution in [0.15, 0.2) is 0 Å². The summed E-state index contributed by atoms with van der Waals surface area (Å²) in [6, 6.07) is 0. The van der Waals surface area contributed by atoms with Gasteiger partial charge >= 0.3 is 5.97 Å². The first kappa shape index (κ1) is 5.27. The fourth-order valence-corrected chi connectivity index (χ4v) is 2.10. The van der Waals surface area contributed by atoms with Gasteiger partial charge in [-0.15, -0.1) is 0 Å². The Balaban J connectivity index is 2.19. The molecule has 2 nitrogen and oxygen atoms in total. The van der Waals surface area contributed by atoms with E-state index in [-0.39, 0.29) is 5.41 Å². The van der Waals surface area contributed by atoms with Crippen molar-refractivity contribution in [1.82, 2.24) is 0 Å². The summed E-state index contributed by atoms with van der Waals surface area (Å²) in [6.07, 6.45) is 4.19. The molecule has 0 spiro atoms. The Hall–Kier alpha value is -0.530. The molecule has 0 aliphatic heterocycles. The molecule has 0 amide bonds. The third kappa shape index (κ3) is 0.485. The lowest BCUT2D eigenvalue weighted by molar-refractivity contribution is -0.143. The first-order valence-corrected chi connectivity index (χ1v) is 3.49. The summed E-state index contributed by atoms with van der Waals surface area (Å²) >= 11 is 0. The summed E-state index contributed by atoms with van der Waals surface area (Å²) in [4.78, 5) is 10.6. The number of carbonyl (C=O) groups is 1. The lowest BCUT2D eigenvalue weighted by Crippen LogP contribution is -2.13. The minimum atomic E-state index is -0.551. The Labute approximate surface area is 53.9 Å². The van der Waals surface area contributed by atoms with Crippen molar-refractivity contribution in [2.45, 2.75) is 25.7 Å². The van der Waals surface area contributed by atoms with E-state index in [1.165, 1.54) is 0 Å². The number of hydrogen-bond acceptors (Lipinski definition) is 1. The molecule has 0 aromatic heterocycles. The van der Waals surface area contributed by atoms with Crippen LogP contribution in [-0.2, 0) is 4.79 Å². The van der Waals surface area contributed by atoms with E-state index in [9.17, 15) is 4.79 Å². The molecular formula is C7H10O2. The second kappa shape index (κ2) is 1.31. The van der Waals surface area contributed by atoms with E-state index in [1.807, 2.05) is 0 Å². The first-order valence-electron chi connectivity index (χ1n) is 3.49. The van der Waals surface area contributed by atoms with Gasteiger partial charge in [0.25, 0.3) is 0 Å². The van der Waals surface area contributed by atoms with Crippen LogP contribution in [0.25, 0.3) is 0 Å². The molecule has 2 atom stereocenters. The second-order valence-electron chi connectivity index (χ2n) is 3.25. The SMILES string of the molecule is O=C(O)[C@]12CCC[C@@H]1C2. The third-order valence-electron chi connectivity index (χ3n) is 2.83. The van der Waals surface area contributed by atoms with Crippen molar-refractivity contribution in [2.24, 2.45) is 11.3 Å². The highest BCUT2D eigenvalue weighted by Crippen LogP contribution is 2.63. The smallest absolute Gasteiger partial charge is 0.309 e. The number of hydrogen-bond donors (Lipinski definition) is 1. The predicted molar refractivity (Wildman–Crippen MR) is 32.0 cm³/mol. The number of carboxylic acid groups (broad SMARTS) is 1.